The van der Waals surface area contributed by atoms with Crippen molar-refractivity contribution in [2.24, 2.45) is 4.99 Å². The first kappa shape index (κ1) is 33.0. The number of aliphatic carboxylic acids is 1. The van der Waals surface area contributed by atoms with Crippen LogP contribution in [0.1, 0.15) is 29.1 Å². The topological polar surface area (TPSA) is 128 Å². The molecule has 0 radical (unpaired) electrons. The molecule has 11 nitrogen and oxygen atoms in total. The number of benzene rings is 1. The van der Waals surface area contributed by atoms with Gasteiger partial charge in [0.05, 0.1) is 18.7 Å². The first-order valence-electron chi connectivity index (χ1n) is 13.7. The molecule has 0 bridgehead atoms. The number of alkyl halides is 2. The fraction of sp³-hybridized carbons (Fsp3) is 0.464. The van der Waals surface area contributed by atoms with E-state index in [9.17, 15) is 31.9 Å². The Morgan fingerprint density at radius 3 is 2.68 bits per heavy atom. The molecule has 3 heterocycles. The highest BCUT2D eigenvalue weighted by Gasteiger charge is 2.42. The molecule has 0 saturated carbocycles. The van der Waals surface area contributed by atoms with Crippen LogP contribution in [0.2, 0.25) is 0 Å². The second-order valence-electron chi connectivity index (χ2n) is 10.4. The normalized spacial score (nSPS) is 19.8. The number of thiazole rings is 1. The van der Waals surface area contributed by atoms with Gasteiger partial charge in [0, 0.05) is 56.0 Å². The number of amidine groups is 1. The number of aromatic nitrogens is 1. The van der Waals surface area contributed by atoms with Gasteiger partial charge in [0.2, 0.25) is 6.41 Å². The molecular formula is C28H32F4N6O5S. The molecule has 2 N–H and O–H groups in total. The Kier molecular flexibility index (Phi) is 10.4. The summed E-state index contributed by atoms with van der Waals surface area (Å²) in [6.07, 6.45) is 1.77. The zero-order chi connectivity index (χ0) is 32.2. The molecule has 0 unspecified atom stereocenters. The molecule has 0 spiro atoms. The van der Waals surface area contributed by atoms with Crippen LogP contribution in [0.5, 0.6) is 0 Å². The van der Waals surface area contributed by atoms with Crippen molar-refractivity contribution in [1.82, 2.24) is 25.0 Å². The number of nitrogens with one attached hydrogen (secondary N) is 1. The van der Waals surface area contributed by atoms with Crippen molar-refractivity contribution in [1.29, 1.82) is 0 Å². The van der Waals surface area contributed by atoms with Crippen LogP contribution in [0.25, 0.3) is 0 Å². The van der Waals surface area contributed by atoms with E-state index < -0.39 is 48.1 Å². The van der Waals surface area contributed by atoms with E-state index in [1.54, 1.807) is 25.5 Å². The lowest BCUT2D eigenvalue weighted by atomic mass is 9.92. The highest BCUT2D eigenvalue weighted by molar-refractivity contribution is 7.11. The Morgan fingerprint density at radius 2 is 2.05 bits per heavy atom. The summed E-state index contributed by atoms with van der Waals surface area (Å²) >= 11 is 1.28. The van der Waals surface area contributed by atoms with Gasteiger partial charge in [-0.1, -0.05) is 6.07 Å². The van der Waals surface area contributed by atoms with Gasteiger partial charge in [-0.2, -0.15) is 8.78 Å². The van der Waals surface area contributed by atoms with Crippen LogP contribution in [-0.2, 0) is 19.1 Å². The molecule has 4 rings (SSSR count). The van der Waals surface area contributed by atoms with Crippen LogP contribution in [0, 0.1) is 18.6 Å². The summed E-state index contributed by atoms with van der Waals surface area (Å²) in [5.41, 5.74) is 0.711. The summed E-state index contributed by atoms with van der Waals surface area (Å²) in [7, 11) is 1.76. The number of carbonyl (C=O) groups is 3. The van der Waals surface area contributed by atoms with Crippen LogP contribution in [0.3, 0.4) is 0 Å². The average molecular weight is 641 g/mol. The highest BCUT2D eigenvalue weighted by Crippen LogP contribution is 2.36. The summed E-state index contributed by atoms with van der Waals surface area (Å²) in [6.45, 7) is 2.96. The fourth-order valence-electron chi connectivity index (χ4n) is 5.12. The molecule has 2 aliphatic heterocycles. The average Bonchev–Trinajstić information content (AvgIpc) is 3.52. The maximum Gasteiger partial charge on any atom is 0.376 e. The number of amides is 1. The van der Waals surface area contributed by atoms with Gasteiger partial charge in [0.25, 0.3) is 0 Å². The molecule has 1 saturated heterocycles. The maximum absolute atomic E-state index is 14.7. The molecule has 1 aromatic heterocycles. The number of halogens is 4. The first-order chi connectivity index (χ1) is 20.9. The fourth-order valence-corrected chi connectivity index (χ4v) is 5.71. The van der Waals surface area contributed by atoms with E-state index in [2.05, 4.69) is 10.3 Å². The minimum absolute atomic E-state index is 0.0212. The predicted molar refractivity (Wildman–Crippen MR) is 152 cm³/mol. The number of rotatable bonds is 12. The third-order valence-electron chi connectivity index (χ3n) is 7.48. The minimum atomic E-state index is -4.11. The van der Waals surface area contributed by atoms with Crippen molar-refractivity contribution in [2.45, 2.75) is 31.9 Å². The lowest BCUT2D eigenvalue weighted by Gasteiger charge is -2.42. The molecule has 1 fully saturated rings. The van der Waals surface area contributed by atoms with Crippen LogP contribution >= 0.6 is 11.3 Å². The summed E-state index contributed by atoms with van der Waals surface area (Å²) in [6, 6.07) is 0.825. The molecular weight excluding hydrogens is 608 g/mol. The first-order valence-corrected chi connectivity index (χ1v) is 14.6. The number of carbonyl (C=O) groups excluding carboxylic acids is 2. The van der Waals surface area contributed by atoms with E-state index in [-0.39, 0.29) is 49.4 Å². The lowest BCUT2D eigenvalue weighted by Crippen LogP contribution is -2.57. The Hall–Kier alpha value is -3.89. The Labute approximate surface area is 254 Å². The Morgan fingerprint density at radius 1 is 1.30 bits per heavy atom. The summed E-state index contributed by atoms with van der Waals surface area (Å²) < 4.78 is 61.9. The van der Waals surface area contributed by atoms with Crippen molar-refractivity contribution in [2.75, 3.05) is 52.9 Å². The van der Waals surface area contributed by atoms with E-state index in [4.69, 9.17) is 14.8 Å². The molecule has 1 aromatic carbocycles. The van der Waals surface area contributed by atoms with E-state index in [0.29, 0.717) is 29.6 Å². The monoisotopic (exact) mass is 640 g/mol. The van der Waals surface area contributed by atoms with Gasteiger partial charge in [-0.3, -0.25) is 19.6 Å². The third-order valence-corrected chi connectivity index (χ3v) is 8.26. The van der Waals surface area contributed by atoms with Crippen molar-refractivity contribution >= 4 is 35.5 Å². The zero-order valence-corrected chi connectivity index (χ0v) is 25.0. The lowest BCUT2D eigenvalue weighted by molar-refractivity contribution is -0.168. The van der Waals surface area contributed by atoms with E-state index in [1.807, 2.05) is 9.80 Å². The largest absolute Gasteiger partial charge is 0.477 e. The van der Waals surface area contributed by atoms with Gasteiger partial charge in [0.15, 0.2) is 22.5 Å². The number of hydrogen-bond donors (Lipinski definition) is 2. The number of esters is 1. The molecule has 1 amide bonds. The second kappa shape index (κ2) is 13.8. The van der Waals surface area contributed by atoms with Crippen molar-refractivity contribution < 1.29 is 41.8 Å². The molecule has 238 valence electrons. The molecule has 2 atom stereocenters. The van der Waals surface area contributed by atoms with Crippen molar-refractivity contribution in [3.63, 3.8) is 0 Å². The van der Waals surface area contributed by atoms with Crippen LogP contribution in [0.4, 0.5) is 17.6 Å². The number of nitrogens with zero attached hydrogens (tertiary/aromatic N) is 5. The van der Waals surface area contributed by atoms with Gasteiger partial charge < -0.3 is 20.1 Å². The second-order valence-corrected chi connectivity index (χ2v) is 11.3. The number of hydrogen-bond acceptors (Lipinski definition) is 10. The number of piperazine rings is 1. The van der Waals surface area contributed by atoms with Gasteiger partial charge in [-0.15, -0.1) is 11.3 Å². The summed E-state index contributed by atoms with van der Waals surface area (Å²) in [4.78, 5) is 49.5. The Balaban J connectivity index is 1.69. The quantitative estimate of drug-likeness (QED) is 0.204. The standard InChI is InChI=1S/C28H32F4N6O5S/c1-4-43-26(40)21-20(13-37-9-8-36(3)17(11-37)12-38(15-39)14-28(31,32)27(41)42)34-24(25-33-7-10-44-25)35-23(21)18-5-6-19(29)22(30)16(18)2/h5-7,10,15,17,23H,4,8-9,11-14H2,1-3H3,(H,34,35)(H,41,42)/t17-,23-/m0/s1. The van der Waals surface area contributed by atoms with Gasteiger partial charge in [-0.25, -0.2) is 23.4 Å². The SMILES string of the molecule is CCOC(=O)C1=C(CN2CCN(C)[C@H](CN(C=O)CC(F)(F)C(=O)O)C2)NC(c2nccs2)=N[C@H]1c1ccc(F)c(F)c1C. The summed E-state index contributed by atoms with van der Waals surface area (Å²) in [5.74, 6) is -8.94. The number of likely N-dealkylation sites (N-methyl/N-ethyl adjacent to an activating group) is 1. The summed E-state index contributed by atoms with van der Waals surface area (Å²) in [5, 5.41) is 14.2. The van der Waals surface area contributed by atoms with Crippen LogP contribution in [0.15, 0.2) is 40.0 Å². The zero-order valence-electron chi connectivity index (χ0n) is 24.2. The van der Waals surface area contributed by atoms with E-state index in [1.165, 1.54) is 24.3 Å². The smallest absolute Gasteiger partial charge is 0.376 e. The van der Waals surface area contributed by atoms with Crippen molar-refractivity contribution in [3.05, 3.63) is 62.7 Å². The number of aliphatic imine (C=N–C) groups is 1. The van der Waals surface area contributed by atoms with Crippen LogP contribution < -0.4 is 5.32 Å². The maximum atomic E-state index is 14.7. The molecule has 2 aromatic rings. The molecule has 44 heavy (non-hydrogen) atoms. The Bertz CT molecular complexity index is 1450. The van der Waals surface area contributed by atoms with Gasteiger partial charge in [-0.05, 0) is 38.1 Å². The highest BCUT2D eigenvalue weighted by atomic mass is 32.1. The van der Waals surface area contributed by atoms with E-state index in [0.717, 1.165) is 11.0 Å². The number of carboxylic acids is 1. The molecule has 2 aliphatic rings. The number of ether oxygens (including phenoxy) is 1. The van der Waals surface area contributed by atoms with Gasteiger partial charge >= 0.3 is 17.9 Å². The molecule has 0 aliphatic carbocycles. The van der Waals surface area contributed by atoms with E-state index >= 15 is 0 Å². The number of carboxylic acid groups (broad SMARTS) is 1. The third kappa shape index (κ3) is 7.25. The predicted octanol–water partition coefficient (Wildman–Crippen LogP) is 2.43. The van der Waals surface area contributed by atoms with Crippen LogP contribution in [-0.4, -0.2) is 114 Å². The minimum Gasteiger partial charge on any atom is -0.477 e. The molecule has 16 heteroatoms. The van der Waals surface area contributed by atoms with Gasteiger partial charge in [0.1, 0.15) is 6.04 Å². The van der Waals surface area contributed by atoms with Crippen molar-refractivity contribution in [3.8, 4) is 0 Å².